The van der Waals surface area contributed by atoms with E-state index in [2.05, 4.69) is 10.3 Å². The molecule has 1 amide bonds. The number of imidazole rings is 1. The molecule has 2 aliphatic rings. The van der Waals surface area contributed by atoms with Crippen molar-refractivity contribution in [2.75, 3.05) is 44.7 Å². The predicted octanol–water partition coefficient (Wildman–Crippen LogP) is 2.24. The van der Waals surface area contributed by atoms with Crippen LogP contribution >= 0.6 is 0 Å². The highest BCUT2D eigenvalue weighted by atomic mass is 32.2. The lowest BCUT2D eigenvalue weighted by molar-refractivity contribution is -0.130. The van der Waals surface area contributed by atoms with E-state index in [-0.39, 0.29) is 16.8 Å². The lowest BCUT2D eigenvalue weighted by atomic mass is 10.2. The van der Waals surface area contributed by atoms with Gasteiger partial charge in [0.1, 0.15) is 5.82 Å². The van der Waals surface area contributed by atoms with Crippen molar-refractivity contribution in [1.29, 1.82) is 0 Å². The van der Waals surface area contributed by atoms with E-state index in [0.717, 1.165) is 30.0 Å². The summed E-state index contributed by atoms with van der Waals surface area (Å²) in [6, 6.07) is 15.4. The molecule has 2 aliphatic heterocycles. The fraction of sp³-hybridized carbons (Fsp3) is 0.440. The van der Waals surface area contributed by atoms with E-state index in [4.69, 9.17) is 4.74 Å². The Bertz CT molecular complexity index is 1300. The second-order valence-electron chi connectivity index (χ2n) is 9.09. The van der Waals surface area contributed by atoms with Gasteiger partial charge in [-0.05, 0) is 36.8 Å². The maximum atomic E-state index is 13.0. The number of para-hydroxylation sites is 1. The molecular formula is C25H31N5O4S. The van der Waals surface area contributed by atoms with Gasteiger partial charge < -0.3 is 19.5 Å². The molecule has 3 aromatic rings. The van der Waals surface area contributed by atoms with E-state index in [0.29, 0.717) is 51.2 Å². The van der Waals surface area contributed by atoms with Crippen molar-refractivity contribution in [2.24, 2.45) is 7.05 Å². The smallest absolute Gasteiger partial charge is 0.243 e. The minimum atomic E-state index is -3.58. The minimum Gasteiger partial charge on any atom is -0.380 e. The first-order valence-corrected chi connectivity index (χ1v) is 13.5. The number of anilines is 1. The number of carbonyl (C=O) groups excluding carboxylic acids is 1. The number of morpholine rings is 1. The summed E-state index contributed by atoms with van der Waals surface area (Å²) in [7, 11) is -1.68. The fourth-order valence-corrected chi connectivity index (χ4v) is 6.23. The highest BCUT2D eigenvalue weighted by Crippen LogP contribution is 2.24. The van der Waals surface area contributed by atoms with Gasteiger partial charge in [0, 0.05) is 57.8 Å². The van der Waals surface area contributed by atoms with Gasteiger partial charge in [-0.2, -0.15) is 4.31 Å². The Morgan fingerprint density at radius 3 is 2.66 bits per heavy atom. The van der Waals surface area contributed by atoms with Crippen molar-refractivity contribution in [3.8, 4) is 0 Å². The summed E-state index contributed by atoms with van der Waals surface area (Å²) in [5.41, 5.74) is 2.54. The molecule has 9 nitrogen and oxygen atoms in total. The fourth-order valence-electron chi connectivity index (χ4n) is 4.80. The summed E-state index contributed by atoms with van der Waals surface area (Å²) in [4.78, 5) is 19.7. The molecule has 10 heteroatoms. The lowest BCUT2D eigenvalue weighted by Gasteiger charge is -2.26. The molecule has 0 radical (unpaired) electrons. The van der Waals surface area contributed by atoms with Crippen molar-refractivity contribution < 1.29 is 17.9 Å². The summed E-state index contributed by atoms with van der Waals surface area (Å²) in [6.07, 6.45) is 1.80. The van der Waals surface area contributed by atoms with Gasteiger partial charge in [-0.3, -0.25) is 4.79 Å². The molecule has 2 saturated heterocycles. The van der Waals surface area contributed by atoms with Crippen molar-refractivity contribution in [3.63, 3.8) is 0 Å². The summed E-state index contributed by atoms with van der Waals surface area (Å²) in [5.74, 6) is 0.887. The van der Waals surface area contributed by atoms with Gasteiger partial charge in [-0.15, -0.1) is 0 Å². The first-order valence-electron chi connectivity index (χ1n) is 12.0. The predicted molar refractivity (Wildman–Crippen MR) is 134 cm³/mol. The average molecular weight is 498 g/mol. The number of nitrogens with one attached hydrogen (secondary N) is 1. The van der Waals surface area contributed by atoms with Crippen LogP contribution < -0.4 is 5.32 Å². The number of aryl methyl sites for hydroxylation is 2. The number of rotatable bonds is 7. The van der Waals surface area contributed by atoms with Crippen LogP contribution in [0.4, 0.5) is 5.69 Å². The van der Waals surface area contributed by atoms with Crippen LogP contribution in [0.25, 0.3) is 11.0 Å². The molecule has 186 valence electrons. The number of amides is 1. The number of fused-ring (bicyclic) bond motifs is 1. The molecule has 1 N–H and O–H groups in total. The largest absolute Gasteiger partial charge is 0.380 e. The number of aromatic nitrogens is 2. The minimum absolute atomic E-state index is 0.116. The Hall–Kier alpha value is -2.95. The third kappa shape index (κ3) is 5.05. The zero-order chi connectivity index (χ0) is 24.4. The van der Waals surface area contributed by atoms with Crippen LogP contribution in [-0.4, -0.2) is 78.5 Å². The van der Waals surface area contributed by atoms with Gasteiger partial charge >= 0.3 is 0 Å². The Morgan fingerprint density at radius 2 is 1.89 bits per heavy atom. The van der Waals surface area contributed by atoms with Gasteiger partial charge in [0.25, 0.3) is 0 Å². The second kappa shape index (κ2) is 9.96. The number of sulfonamides is 1. The number of hydrogen-bond acceptors (Lipinski definition) is 6. The van der Waals surface area contributed by atoms with Gasteiger partial charge in [-0.25, -0.2) is 13.4 Å². The average Bonchev–Trinajstić information content (AvgIpc) is 3.47. The normalized spacial score (nSPS) is 19.3. The Balaban J connectivity index is 1.22. The van der Waals surface area contributed by atoms with Crippen molar-refractivity contribution in [1.82, 2.24) is 18.8 Å². The molecule has 0 spiro atoms. The van der Waals surface area contributed by atoms with Gasteiger partial charge in [-0.1, -0.05) is 18.2 Å². The quantitative estimate of drug-likeness (QED) is 0.538. The molecule has 0 aliphatic carbocycles. The van der Waals surface area contributed by atoms with E-state index in [1.54, 1.807) is 18.2 Å². The number of carbonyl (C=O) groups is 1. The zero-order valence-electron chi connectivity index (χ0n) is 19.9. The SMILES string of the molecule is Cn1c(CCC(=O)N2CCC(Nc3ccccc3)C2)nc2cc(S(=O)(=O)N3CCOCC3)ccc21. The third-order valence-electron chi connectivity index (χ3n) is 6.80. The lowest BCUT2D eigenvalue weighted by Crippen LogP contribution is -2.40. The highest BCUT2D eigenvalue weighted by Gasteiger charge is 2.28. The van der Waals surface area contributed by atoms with Crippen LogP contribution in [0.15, 0.2) is 53.4 Å². The molecule has 0 bridgehead atoms. The molecule has 3 heterocycles. The van der Waals surface area contributed by atoms with Crippen LogP contribution in [0.2, 0.25) is 0 Å². The maximum absolute atomic E-state index is 13.0. The monoisotopic (exact) mass is 497 g/mol. The molecule has 5 rings (SSSR count). The van der Waals surface area contributed by atoms with E-state index < -0.39 is 10.0 Å². The number of ether oxygens (including phenoxy) is 1. The summed E-state index contributed by atoms with van der Waals surface area (Å²) >= 11 is 0. The highest BCUT2D eigenvalue weighted by molar-refractivity contribution is 7.89. The van der Waals surface area contributed by atoms with E-state index in [1.165, 1.54) is 4.31 Å². The zero-order valence-corrected chi connectivity index (χ0v) is 20.7. The second-order valence-corrected chi connectivity index (χ2v) is 11.0. The summed E-state index contributed by atoms with van der Waals surface area (Å²) in [6.45, 7) is 2.96. The number of hydrogen-bond donors (Lipinski definition) is 1. The molecule has 1 atom stereocenters. The van der Waals surface area contributed by atoms with E-state index >= 15 is 0 Å². The maximum Gasteiger partial charge on any atom is 0.243 e. The van der Waals surface area contributed by atoms with Gasteiger partial charge in [0.2, 0.25) is 15.9 Å². The van der Waals surface area contributed by atoms with Crippen LogP contribution in [0.3, 0.4) is 0 Å². The number of nitrogens with zero attached hydrogens (tertiary/aromatic N) is 4. The van der Waals surface area contributed by atoms with Crippen molar-refractivity contribution in [2.45, 2.75) is 30.2 Å². The molecule has 0 saturated carbocycles. The molecule has 2 aromatic carbocycles. The Morgan fingerprint density at radius 1 is 1.11 bits per heavy atom. The van der Waals surface area contributed by atoms with Gasteiger partial charge in [0.15, 0.2) is 0 Å². The molecule has 1 unspecified atom stereocenters. The Labute approximate surface area is 205 Å². The van der Waals surface area contributed by atoms with Crippen LogP contribution in [-0.2, 0) is 33.0 Å². The molecule has 35 heavy (non-hydrogen) atoms. The number of likely N-dealkylation sites (tertiary alicyclic amines) is 1. The molecule has 1 aromatic heterocycles. The molecular weight excluding hydrogens is 466 g/mol. The Kier molecular flexibility index (Phi) is 6.77. The van der Waals surface area contributed by atoms with Crippen LogP contribution in [0.5, 0.6) is 0 Å². The van der Waals surface area contributed by atoms with Crippen molar-refractivity contribution in [3.05, 3.63) is 54.4 Å². The van der Waals surface area contributed by atoms with Gasteiger partial charge in [0.05, 0.1) is 29.1 Å². The van der Waals surface area contributed by atoms with E-state index in [9.17, 15) is 13.2 Å². The standard InChI is InChI=1S/C25H31N5O4S/c1-28-23-8-7-21(35(32,33)30-13-15-34-16-14-30)17-22(23)27-24(28)9-10-25(31)29-12-11-20(18-29)26-19-5-3-2-4-6-19/h2-8,17,20,26H,9-16,18H2,1H3. The first-order chi connectivity index (χ1) is 16.9. The topological polar surface area (TPSA) is 96.8 Å². The summed E-state index contributed by atoms with van der Waals surface area (Å²) < 4.78 is 34.7. The summed E-state index contributed by atoms with van der Waals surface area (Å²) in [5, 5.41) is 3.50. The van der Waals surface area contributed by atoms with Crippen molar-refractivity contribution >= 4 is 32.7 Å². The number of benzene rings is 2. The van der Waals surface area contributed by atoms with Crippen LogP contribution in [0, 0.1) is 0 Å². The third-order valence-corrected chi connectivity index (χ3v) is 8.70. The molecule has 2 fully saturated rings. The first kappa shape index (κ1) is 23.8. The van der Waals surface area contributed by atoms with E-state index in [1.807, 2.05) is 46.8 Å². The van der Waals surface area contributed by atoms with Crippen LogP contribution in [0.1, 0.15) is 18.7 Å².